The topological polar surface area (TPSA) is 97.3 Å². The van der Waals surface area contributed by atoms with Gasteiger partial charge in [-0.2, -0.15) is 0 Å². The van der Waals surface area contributed by atoms with E-state index in [1.54, 1.807) is 24.3 Å². The molecule has 15 heteroatoms. The molecule has 0 N–H and O–H groups in total. The Hall–Kier alpha value is -2.74. The van der Waals surface area contributed by atoms with Gasteiger partial charge in [0.25, 0.3) is 5.56 Å². The van der Waals surface area contributed by atoms with Crippen molar-refractivity contribution >= 4 is 57.0 Å². The molecule has 9 nitrogen and oxygen atoms in total. The minimum absolute atomic E-state index is 0.00000594. The third-order valence-corrected chi connectivity index (χ3v) is 7.20. The van der Waals surface area contributed by atoms with Crippen LogP contribution in [0.1, 0.15) is 28.2 Å². The van der Waals surface area contributed by atoms with Crippen LogP contribution < -0.4 is 16.0 Å². The molecule has 0 fully saturated rings. The van der Waals surface area contributed by atoms with E-state index in [0.29, 0.717) is 23.6 Å². The van der Waals surface area contributed by atoms with E-state index in [0.717, 1.165) is 21.3 Å². The minimum atomic E-state index is -4.95. The molecule has 0 aliphatic heterocycles. The third-order valence-electron chi connectivity index (χ3n) is 5.70. The molecule has 2 heterocycles. The molecule has 4 aromatic rings. The summed E-state index contributed by atoms with van der Waals surface area (Å²) in [5.74, 6) is -1.58. The zero-order valence-electron chi connectivity index (χ0n) is 20.2. The zero-order chi connectivity index (χ0) is 28.3. The van der Waals surface area contributed by atoms with Gasteiger partial charge in [-0.3, -0.25) is 18.7 Å². The van der Waals surface area contributed by atoms with Crippen molar-refractivity contribution in [2.24, 2.45) is 7.05 Å². The predicted octanol–water partition coefficient (Wildman–Crippen LogP) is 5.08. The lowest BCUT2D eigenvalue weighted by molar-refractivity contribution is -0.274. The van der Waals surface area contributed by atoms with E-state index in [1.807, 2.05) is 0 Å². The number of aromatic nitrogens is 4. The number of aryl methyl sites for hydroxylation is 1. The van der Waals surface area contributed by atoms with Crippen LogP contribution in [0.25, 0.3) is 11.2 Å². The van der Waals surface area contributed by atoms with Gasteiger partial charge in [0.15, 0.2) is 17.0 Å². The zero-order valence-corrected chi connectivity index (χ0v) is 24.1. The van der Waals surface area contributed by atoms with Gasteiger partial charge in [0.1, 0.15) is 5.75 Å². The highest BCUT2D eigenvalue weighted by atomic mass is 127. The maximum atomic E-state index is 13.6. The summed E-state index contributed by atoms with van der Waals surface area (Å²) in [5.41, 5.74) is -0.800. The van der Waals surface area contributed by atoms with Crippen molar-refractivity contribution in [3.63, 3.8) is 0 Å². The molecular weight excluding hydrogens is 675 g/mol. The lowest BCUT2D eigenvalue weighted by Gasteiger charge is -2.12. The van der Waals surface area contributed by atoms with Crippen molar-refractivity contribution in [1.82, 2.24) is 18.7 Å². The van der Waals surface area contributed by atoms with Crippen LogP contribution in [0.3, 0.4) is 0 Å². The normalized spacial score (nSPS) is 12.1. The van der Waals surface area contributed by atoms with Crippen LogP contribution in [0.2, 0.25) is 5.02 Å². The molecule has 2 aromatic heterocycles. The Balaban J connectivity index is 1.89. The molecule has 0 aliphatic carbocycles. The smallest absolute Gasteiger partial charge is 0.406 e. The highest BCUT2D eigenvalue weighted by molar-refractivity contribution is 14.2. The number of halogens is 5. The van der Waals surface area contributed by atoms with Crippen molar-refractivity contribution in [2.75, 3.05) is 6.61 Å². The van der Waals surface area contributed by atoms with Gasteiger partial charge in [0, 0.05) is 24.2 Å². The van der Waals surface area contributed by atoms with E-state index in [1.165, 1.54) is 23.7 Å². The van der Waals surface area contributed by atoms with E-state index in [9.17, 15) is 27.6 Å². The summed E-state index contributed by atoms with van der Waals surface area (Å²) >= 11 is 8.07. The Kier molecular flexibility index (Phi) is 9.14. The first-order valence-corrected chi connectivity index (χ1v) is 15.7. The Morgan fingerprint density at radius 1 is 1.13 bits per heavy atom. The molecule has 1 atom stereocenters. The summed E-state index contributed by atoms with van der Waals surface area (Å²) < 4.78 is 51.1. The highest BCUT2D eigenvalue weighted by Gasteiger charge is 2.32. The van der Waals surface area contributed by atoms with Gasteiger partial charge in [0.05, 0.1) is 19.6 Å². The van der Waals surface area contributed by atoms with Crippen LogP contribution in [0.4, 0.5) is 13.2 Å². The Morgan fingerprint density at radius 2 is 1.85 bits per heavy atom. The van der Waals surface area contributed by atoms with Crippen LogP contribution in [0.5, 0.6) is 5.75 Å². The monoisotopic (exact) mass is 694 g/mol. The fraction of sp³-hybridized carbons (Fsp3) is 0.250. The summed E-state index contributed by atoms with van der Waals surface area (Å²) in [5, 5.41) is 0.478. The first kappa shape index (κ1) is 29.2. The number of imidazole rings is 1. The number of fused-ring (bicyclic) bond motifs is 1. The van der Waals surface area contributed by atoms with E-state index in [2.05, 4.69) is 31.8 Å². The van der Waals surface area contributed by atoms with Crippen LogP contribution in [-0.2, 0) is 24.7 Å². The highest BCUT2D eigenvalue weighted by Crippen LogP contribution is 2.25. The molecule has 0 saturated heterocycles. The molecular formula is C24H20ClF3IN4O5P. The average Bonchev–Trinajstić information content (AvgIpc) is 3.26. The summed E-state index contributed by atoms with van der Waals surface area (Å²) in [4.78, 5) is 44.5. The number of ether oxygens (including phenoxy) is 1. The van der Waals surface area contributed by atoms with E-state index < -0.39 is 29.1 Å². The number of hydrogen-bond acceptors (Lipinski definition) is 6. The molecule has 0 saturated carbocycles. The second-order valence-corrected chi connectivity index (χ2v) is 10.5. The Morgan fingerprint density at radius 3 is 2.51 bits per heavy atom. The van der Waals surface area contributed by atoms with Gasteiger partial charge in [-0.25, -0.2) is 9.78 Å². The first-order valence-electron chi connectivity index (χ1n) is 11.3. The molecule has 0 spiro atoms. The number of ketones is 1. The van der Waals surface area contributed by atoms with Crippen molar-refractivity contribution in [2.45, 2.75) is 25.9 Å². The first-order chi connectivity index (χ1) is 18.5. The number of nitrogens with zero attached hydrogens (tertiary/aromatic N) is 4. The van der Waals surface area contributed by atoms with Gasteiger partial charge >= 0.3 is 12.1 Å². The van der Waals surface area contributed by atoms with Crippen LogP contribution in [-0.4, -0.2) is 37.4 Å². The molecule has 2 aromatic carbocycles. The van der Waals surface area contributed by atoms with Gasteiger partial charge in [-0.15, -0.1) is 13.2 Å². The average molecular weight is 695 g/mol. The standard InChI is InChI=1S/C24H20ClF3IN4O5P/c1-31-20-18(22(35)32(23(31)36)10-3-11-37-39-29)33(13-14-6-8-16(25)9-7-14)21(30-20)19(34)15-4-2-5-17(12-15)38-24(26,27)28/h2,4-9,12,39H,3,10-11,13H2,1H3. The molecule has 0 radical (unpaired) electrons. The molecule has 1 unspecified atom stereocenters. The van der Waals surface area contributed by atoms with E-state index in [-0.39, 0.29) is 42.1 Å². The number of benzene rings is 2. The van der Waals surface area contributed by atoms with Gasteiger partial charge in [-0.05, 0) is 58.3 Å². The van der Waals surface area contributed by atoms with Crippen LogP contribution in [0, 0.1) is 0 Å². The molecule has 0 bridgehead atoms. The van der Waals surface area contributed by atoms with E-state index >= 15 is 0 Å². The SMILES string of the molecule is Cn1c(=O)n(CCCOPI)c(=O)c2c1nc(C(=O)c1cccc(OC(F)(F)F)c1)n2Cc1ccc(Cl)cc1. The second-order valence-electron chi connectivity index (χ2n) is 8.30. The Bertz CT molecular complexity index is 1640. The third kappa shape index (κ3) is 6.71. The van der Waals surface area contributed by atoms with E-state index in [4.69, 9.17) is 16.1 Å². The quantitative estimate of drug-likeness (QED) is 0.0995. The summed E-state index contributed by atoms with van der Waals surface area (Å²) in [6, 6.07) is 11.2. The van der Waals surface area contributed by atoms with Crippen molar-refractivity contribution in [3.05, 3.63) is 91.3 Å². The van der Waals surface area contributed by atoms with Gasteiger partial charge < -0.3 is 13.8 Å². The van der Waals surface area contributed by atoms with Crippen molar-refractivity contribution in [3.8, 4) is 5.75 Å². The Labute approximate surface area is 238 Å². The number of rotatable bonds is 10. The summed E-state index contributed by atoms with van der Waals surface area (Å²) in [6.45, 7) is 0.656. The minimum Gasteiger partial charge on any atom is -0.406 e. The summed E-state index contributed by atoms with van der Waals surface area (Å²) in [7, 11) is 1.43. The van der Waals surface area contributed by atoms with Crippen molar-refractivity contribution in [1.29, 1.82) is 0 Å². The molecule has 0 amide bonds. The lowest BCUT2D eigenvalue weighted by atomic mass is 10.1. The molecule has 39 heavy (non-hydrogen) atoms. The number of alkyl halides is 3. The molecule has 206 valence electrons. The van der Waals surface area contributed by atoms with Crippen LogP contribution in [0.15, 0.2) is 58.1 Å². The number of carbonyl (C=O) groups is 1. The number of hydrogen-bond donors (Lipinski definition) is 0. The molecule has 4 rings (SSSR count). The molecule has 0 aliphatic rings. The van der Waals surface area contributed by atoms with Crippen molar-refractivity contribution < 1.29 is 27.2 Å². The predicted molar refractivity (Wildman–Crippen MR) is 149 cm³/mol. The van der Waals surface area contributed by atoms with Gasteiger partial charge in [0.2, 0.25) is 5.78 Å². The maximum absolute atomic E-state index is 13.6. The van der Waals surface area contributed by atoms with Gasteiger partial charge in [-0.1, -0.05) is 35.9 Å². The second kappa shape index (κ2) is 12.2. The summed E-state index contributed by atoms with van der Waals surface area (Å²) in [6.07, 6.45) is -4.55. The fourth-order valence-electron chi connectivity index (χ4n) is 3.97. The maximum Gasteiger partial charge on any atom is 0.573 e. The lowest BCUT2D eigenvalue weighted by Crippen LogP contribution is -2.40. The van der Waals surface area contributed by atoms with Crippen LogP contribution >= 0.6 is 40.1 Å². The number of carbonyl (C=O) groups excluding carboxylic acids is 1. The fourth-order valence-corrected chi connectivity index (χ4v) is 4.97. The largest absolute Gasteiger partial charge is 0.573 e.